The van der Waals surface area contributed by atoms with Crippen LogP contribution in [0.5, 0.6) is 5.88 Å². The Morgan fingerprint density at radius 2 is 1.96 bits per heavy atom. The second kappa shape index (κ2) is 7.68. The van der Waals surface area contributed by atoms with E-state index in [1.807, 2.05) is 0 Å². The van der Waals surface area contributed by atoms with Crippen molar-refractivity contribution in [3.63, 3.8) is 0 Å². The molecular weight excluding hydrogens is 392 g/mol. The number of benzene rings is 1. The molecule has 0 fully saturated rings. The smallest absolute Gasteiger partial charge is 0.355 e. The number of hydrogen-bond acceptors (Lipinski definition) is 6. The molecule has 1 unspecified atom stereocenters. The molecule has 0 bridgehead atoms. The maximum Gasteiger partial charge on any atom is 0.355 e. The van der Waals surface area contributed by atoms with Crippen molar-refractivity contribution in [3.05, 3.63) is 46.4 Å². The molecule has 11 heteroatoms. The summed E-state index contributed by atoms with van der Waals surface area (Å²) in [6, 6.07) is 5.79. The van der Waals surface area contributed by atoms with Crippen LogP contribution < -0.4 is 9.04 Å². The SMILES string of the molecule is COc1cc(Cl)nc(C(O)c2cccc(C)c2N(C)S(=O)(=O)C(F)F)n1. The van der Waals surface area contributed by atoms with Crippen LogP contribution in [0.25, 0.3) is 0 Å². The van der Waals surface area contributed by atoms with Gasteiger partial charge in [0, 0.05) is 18.7 Å². The normalized spacial score (nSPS) is 12.9. The van der Waals surface area contributed by atoms with Crippen LogP contribution in [0, 0.1) is 6.92 Å². The number of ether oxygens (including phenoxy) is 1. The summed E-state index contributed by atoms with van der Waals surface area (Å²) in [6.45, 7) is 1.53. The molecule has 0 saturated heterocycles. The number of aromatic nitrogens is 2. The summed E-state index contributed by atoms with van der Waals surface area (Å²) >= 11 is 5.86. The van der Waals surface area contributed by atoms with Gasteiger partial charge in [0.25, 0.3) is 10.0 Å². The van der Waals surface area contributed by atoms with Gasteiger partial charge >= 0.3 is 5.76 Å². The number of alkyl halides is 2. The maximum absolute atomic E-state index is 12.9. The average Bonchev–Trinajstić information content (AvgIpc) is 2.59. The van der Waals surface area contributed by atoms with Gasteiger partial charge in [-0.25, -0.2) is 13.4 Å². The van der Waals surface area contributed by atoms with Crippen molar-refractivity contribution in [3.8, 4) is 5.88 Å². The number of sulfonamides is 1. The van der Waals surface area contributed by atoms with Gasteiger partial charge in [-0.3, -0.25) is 4.31 Å². The number of aliphatic hydroxyl groups excluding tert-OH is 1. The topological polar surface area (TPSA) is 92.6 Å². The number of halogens is 3. The van der Waals surface area contributed by atoms with Crippen molar-refractivity contribution in [2.24, 2.45) is 0 Å². The van der Waals surface area contributed by atoms with Gasteiger partial charge in [-0.1, -0.05) is 29.8 Å². The molecular formula is C15H16ClF2N3O4S. The van der Waals surface area contributed by atoms with Crippen LogP contribution in [-0.4, -0.2) is 43.4 Å². The van der Waals surface area contributed by atoms with E-state index in [0.717, 1.165) is 7.05 Å². The molecule has 0 aliphatic heterocycles. The zero-order valence-corrected chi connectivity index (χ0v) is 15.6. The van der Waals surface area contributed by atoms with Crippen molar-refractivity contribution < 1.29 is 27.0 Å². The van der Waals surface area contributed by atoms with E-state index >= 15 is 0 Å². The summed E-state index contributed by atoms with van der Waals surface area (Å²) in [4.78, 5) is 7.87. The van der Waals surface area contributed by atoms with Crippen molar-refractivity contribution in [2.45, 2.75) is 18.8 Å². The highest BCUT2D eigenvalue weighted by molar-refractivity contribution is 7.93. The highest BCUT2D eigenvalue weighted by Gasteiger charge is 2.33. The van der Waals surface area contributed by atoms with Gasteiger partial charge < -0.3 is 9.84 Å². The summed E-state index contributed by atoms with van der Waals surface area (Å²) in [5.74, 6) is -3.69. The van der Waals surface area contributed by atoms with E-state index in [0.29, 0.717) is 9.87 Å². The number of rotatable bonds is 6. The van der Waals surface area contributed by atoms with Crippen LogP contribution in [0.2, 0.25) is 5.15 Å². The van der Waals surface area contributed by atoms with Crippen molar-refractivity contribution in [1.82, 2.24) is 9.97 Å². The summed E-state index contributed by atoms with van der Waals surface area (Å²) in [6.07, 6.45) is -1.52. The Bertz CT molecular complexity index is 912. The van der Waals surface area contributed by atoms with Crippen molar-refractivity contribution in [1.29, 1.82) is 0 Å². The molecule has 0 aliphatic rings. The number of nitrogens with zero attached hydrogens (tertiary/aromatic N) is 3. The zero-order valence-electron chi connectivity index (χ0n) is 14.0. The molecule has 0 radical (unpaired) electrons. The minimum atomic E-state index is -4.91. The largest absolute Gasteiger partial charge is 0.481 e. The van der Waals surface area contributed by atoms with Crippen LogP contribution in [0.15, 0.2) is 24.3 Å². The van der Waals surface area contributed by atoms with Crippen LogP contribution >= 0.6 is 11.6 Å². The summed E-state index contributed by atoms with van der Waals surface area (Å²) in [5.41, 5.74) is 0.297. The Labute approximate surface area is 154 Å². The molecule has 1 atom stereocenters. The maximum atomic E-state index is 12.9. The lowest BCUT2D eigenvalue weighted by atomic mass is 10.0. The lowest BCUT2D eigenvalue weighted by Gasteiger charge is -2.25. The van der Waals surface area contributed by atoms with Gasteiger partial charge in [-0.2, -0.15) is 13.8 Å². The zero-order chi connectivity index (χ0) is 19.6. The average molecular weight is 408 g/mol. The second-order valence-electron chi connectivity index (χ2n) is 5.28. The molecule has 1 N–H and O–H groups in total. The molecule has 26 heavy (non-hydrogen) atoms. The second-order valence-corrected chi connectivity index (χ2v) is 7.60. The highest BCUT2D eigenvalue weighted by Crippen LogP contribution is 2.34. The molecule has 142 valence electrons. The highest BCUT2D eigenvalue weighted by atomic mass is 35.5. The molecule has 0 amide bonds. The predicted octanol–water partition coefficient (Wildman–Crippen LogP) is 2.52. The van der Waals surface area contributed by atoms with Gasteiger partial charge in [0.05, 0.1) is 12.8 Å². The lowest BCUT2D eigenvalue weighted by Crippen LogP contribution is -2.33. The Kier molecular flexibility index (Phi) is 5.99. The van der Waals surface area contributed by atoms with Gasteiger partial charge in [0.2, 0.25) is 5.88 Å². The number of para-hydroxylation sites is 1. The van der Waals surface area contributed by atoms with E-state index in [-0.39, 0.29) is 28.1 Å². The standard InChI is InChI=1S/C15H16ClF2N3O4S/c1-8-5-4-6-9(12(8)21(2)26(23,24)15(17)18)13(22)14-19-10(16)7-11(20-14)25-3/h4-7,13,15,22H,1-3H3. The van der Waals surface area contributed by atoms with Gasteiger partial charge in [-0.15, -0.1) is 0 Å². The van der Waals surface area contributed by atoms with E-state index in [4.69, 9.17) is 16.3 Å². The molecule has 7 nitrogen and oxygen atoms in total. The van der Waals surface area contributed by atoms with Crippen LogP contribution in [0.3, 0.4) is 0 Å². The summed E-state index contributed by atoms with van der Waals surface area (Å²) < 4.78 is 55.0. The number of aryl methyl sites for hydroxylation is 1. The summed E-state index contributed by atoms with van der Waals surface area (Å²) in [7, 11) is -2.59. The minimum Gasteiger partial charge on any atom is -0.481 e. The third-order valence-corrected chi connectivity index (χ3v) is 5.22. The van der Waals surface area contributed by atoms with E-state index in [1.165, 1.54) is 32.2 Å². The molecule has 0 aliphatic carbocycles. The van der Waals surface area contributed by atoms with E-state index < -0.39 is 21.9 Å². The number of methoxy groups -OCH3 is 1. The first-order valence-corrected chi connectivity index (χ1v) is 9.09. The Balaban J connectivity index is 2.61. The minimum absolute atomic E-state index is 0.00587. The fourth-order valence-electron chi connectivity index (χ4n) is 2.36. The molecule has 2 rings (SSSR count). The summed E-state index contributed by atoms with van der Waals surface area (Å²) in [5, 5.41) is 10.6. The predicted molar refractivity (Wildman–Crippen MR) is 92.2 cm³/mol. The Morgan fingerprint density at radius 1 is 1.31 bits per heavy atom. The van der Waals surface area contributed by atoms with E-state index in [9.17, 15) is 22.3 Å². The number of anilines is 1. The molecule has 0 saturated carbocycles. The molecule has 0 spiro atoms. The van der Waals surface area contributed by atoms with Crippen LogP contribution in [-0.2, 0) is 10.0 Å². The number of hydrogen-bond donors (Lipinski definition) is 1. The monoisotopic (exact) mass is 407 g/mol. The van der Waals surface area contributed by atoms with Gasteiger partial charge in [0.1, 0.15) is 11.3 Å². The quantitative estimate of drug-likeness (QED) is 0.740. The lowest BCUT2D eigenvalue weighted by molar-refractivity contribution is 0.208. The Hall–Kier alpha value is -2.04. The molecule has 1 aromatic heterocycles. The van der Waals surface area contributed by atoms with Crippen molar-refractivity contribution in [2.75, 3.05) is 18.5 Å². The molecule has 2 aromatic rings. The third kappa shape index (κ3) is 3.87. The fourth-order valence-corrected chi connectivity index (χ4v) is 3.28. The van der Waals surface area contributed by atoms with Gasteiger partial charge in [-0.05, 0) is 12.5 Å². The van der Waals surface area contributed by atoms with E-state index in [1.54, 1.807) is 6.07 Å². The fraction of sp³-hybridized carbons (Fsp3) is 0.333. The Morgan fingerprint density at radius 3 is 2.54 bits per heavy atom. The first-order chi connectivity index (χ1) is 12.1. The third-order valence-electron chi connectivity index (χ3n) is 3.63. The number of aliphatic hydroxyl groups is 1. The van der Waals surface area contributed by atoms with Gasteiger partial charge in [0.15, 0.2) is 5.82 Å². The van der Waals surface area contributed by atoms with Crippen molar-refractivity contribution >= 4 is 27.3 Å². The van der Waals surface area contributed by atoms with Crippen LogP contribution in [0.1, 0.15) is 23.1 Å². The van der Waals surface area contributed by atoms with E-state index in [2.05, 4.69) is 9.97 Å². The molecule has 1 aromatic carbocycles. The molecule has 1 heterocycles. The first kappa shape index (κ1) is 20.3. The van der Waals surface area contributed by atoms with Crippen LogP contribution in [0.4, 0.5) is 14.5 Å². The first-order valence-electron chi connectivity index (χ1n) is 7.21.